The number of nitrogens with zero attached hydrogens (tertiary/aromatic N) is 3. The zero-order valence-electron chi connectivity index (χ0n) is 16.3. The quantitative estimate of drug-likeness (QED) is 0.749. The highest BCUT2D eigenvalue weighted by atomic mass is 16.5. The molecule has 0 saturated heterocycles. The van der Waals surface area contributed by atoms with Gasteiger partial charge in [0.1, 0.15) is 11.8 Å². The normalized spacial score (nSPS) is 17.7. The van der Waals surface area contributed by atoms with Crippen LogP contribution in [0.2, 0.25) is 0 Å². The van der Waals surface area contributed by atoms with Gasteiger partial charge in [-0.25, -0.2) is 4.79 Å². The second-order valence-electron chi connectivity index (χ2n) is 7.10. The fourth-order valence-corrected chi connectivity index (χ4v) is 3.79. The summed E-state index contributed by atoms with van der Waals surface area (Å²) in [6.45, 7) is 2.02. The number of amides is 1. The average Bonchev–Trinajstić information content (AvgIpc) is 3.37. The standard InChI is InChI=1S/C22H21N3O4/c1-14(26)20-13-18(23-25(20)17-6-4-3-5-7-17)21(27)24-11-10-15-12-16(22(28)29-2)8-9-19(15)24/h3-9,12,20H,10-11,13H2,1-2H3. The Morgan fingerprint density at radius 1 is 1.10 bits per heavy atom. The van der Waals surface area contributed by atoms with Crippen molar-refractivity contribution >= 4 is 34.7 Å². The maximum atomic E-state index is 13.2. The van der Waals surface area contributed by atoms with Gasteiger partial charge in [0.15, 0.2) is 5.78 Å². The first-order chi connectivity index (χ1) is 14.0. The molecule has 29 heavy (non-hydrogen) atoms. The first kappa shape index (κ1) is 18.9. The van der Waals surface area contributed by atoms with Crippen molar-refractivity contribution in [3.63, 3.8) is 0 Å². The summed E-state index contributed by atoms with van der Waals surface area (Å²) in [5, 5.41) is 6.13. The summed E-state index contributed by atoms with van der Waals surface area (Å²) in [7, 11) is 1.34. The van der Waals surface area contributed by atoms with Crippen molar-refractivity contribution in [2.45, 2.75) is 25.8 Å². The number of Topliss-reactive ketones (excluding diaryl/α,β-unsaturated/α-hetero) is 1. The monoisotopic (exact) mass is 391 g/mol. The number of ketones is 1. The predicted octanol–water partition coefficient (Wildman–Crippen LogP) is 2.59. The number of carbonyl (C=O) groups excluding carboxylic acids is 3. The molecule has 0 bridgehead atoms. The van der Waals surface area contributed by atoms with E-state index < -0.39 is 12.0 Å². The summed E-state index contributed by atoms with van der Waals surface area (Å²) in [6, 6.07) is 14.1. The molecule has 0 fully saturated rings. The first-order valence-electron chi connectivity index (χ1n) is 9.45. The van der Waals surface area contributed by atoms with Gasteiger partial charge in [0.25, 0.3) is 5.91 Å². The number of esters is 1. The largest absolute Gasteiger partial charge is 0.465 e. The minimum atomic E-state index is -0.486. The zero-order valence-corrected chi connectivity index (χ0v) is 16.3. The SMILES string of the molecule is COC(=O)c1ccc2c(c1)CCN2C(=O)C1=NN(c2ccccc2)C(C(C)=O)C1. The van der Waals surface area contributed by atoms with Crippen LogP contribution in [0.4, 0.5) is 11.4 Å². The molecule has 4 rings (SSSR count). The molecular formula is C22H21N3O4. The molecule has 0 aliphatic carbocycles. The van der Waals surface area contributed by atoms with E-state index in [0.29, 0.717) is 24.2 Å². The van der Waals surface area contributed by atoms with Crippen molar-refractivity contribution in [2.75, 3.05) is 23.6 Å². The van der Waals surface area contributed by atoms with Gasteiger partial charge >= 0.3 is 5.97 Å². The topological polar surface area (TPSA) is 79.3 Å². The van der Waals surface area contributed by atoms with Gasteiger partial charge < -0.3 is 9.64 Å². The van der Waals surface area contributed by atoms with E-state index in [-0.39, 0.29) is 18.1 Å². The molecule has 2 aliphatic heterocycles. The van der Waals surface area contributed by atoms with Gasteiger partial charge in [-0.2, -0.15) is 5.10 Å². The van der Waals surface area contributed by atoms with Crippen molar-refractivity contribution in [3.8, 4) is 0 Å². The maximum Gasteiger partial charge on any atom is 0.337 e. The number of ether oxygens (including phenoxy) is 1. The molecule has 2 heterocycles. The number of rotatable bonds is 4. The fraction of sp³-hybridized carbons (Fsp3) is 0.273. The number of methoxy groups -OCH3 is 1. The van der Waals surface area contributed by atoms with Crippen molar-refractivity contribution in [1.29, 1.82) is 0 Å². The Labute approximate surface area is 168 Å². The van der Waals surface area contributed by atoms with E-state index in [0.717, 1.165) is 16.9 Å². The number of hydrogen-bond acceptors (Lipinski definition) is 6. The summed E-state index contributed by atoms with van der Waals surface area (Å²) in [5.41, 5.74) is 3.29. The van der Waals surface area contributed by atoms with Crippen LogP contribution < -0.4 is 9.91 Å². The van der Waals surface area contributed by atoms with Gasteiger partial charge in [0.2, 0.25) is 0 Å². The number of benzene rings is 2. The molecule has 2 aromatic rings. The molecule has 1 atom stereocenters. The van der Waals surface area contributed by atoms with E-state index in [9.17, 15) is 14.4 Å². The highest BCUT2D eigenvalue weighted by molar-refractivity contribution is 6.45. The molecule has 0 radical (unpaired) electrons. The van der Waals surface area contributed by atoms with Crippen molar-refractivity contribution < 1.29 is 19.1 Å². The van der Waals surface area contributed by atoms with Gasteiger partial charge in [0.05, 0.1) is 18.4 Å². The summed E-state index contributed by atoms with van der Waals surface area (Å²) in [6.07, 6.45) is 0.923. The lowest BCUT2D eigenvalue weighted by Crippen LogP contribution is -2.36. The van der Waals surface area contributed by atoms with Crippen LogP contribution in [0.3, 0.4) is 0 Å². The van der Waals surface area contributed by atoms with Crippen LogP contribution in [-0.4, -0.2) is 43.1 Å². The Hall–Kier alpha value is -3.48. The van der Waals surface area contributed by atoms with E-state index >= 15 is 0 Å². The Morgan fingerprint density at radius 2 is 1.86 bits per heavy atom. The zero-order chi connectivity index (χ0) is 20.5. The van der Waals surface area contributed by atoms with E-state index in [4.69, 9.17) is 4.74 Å². The fourth-order valence-electron chi connectivity index (χ4n) is 3.79. The summed E-state index contributed by atoms with van der Waals surface area (Å²) < 4.78 is 4.76. The summed E-state index contributed by atoms with van der Waals surface area (Å²) in [5.74, 6) is -0.648. The third-order valence-corrected chi connectivity index (χ3v) is 5.29. The van der Waals surface area contributed by atoms with E-state index in [2.05, 4.69) is 5.10 Å². The predicted molar refractivity (Wildman–Crippen MR) is 109 cm³/mol. The average molecular weight is 391 g/mol. The number of hydrazone groups is 1. The number of anilines is 2. The van der Waals surface area contributed by atoms with Crippen LogP contribution in [0.1, 0.15) is 29.3 Å². The molecule has 0 spiro atoms. The number of fused-ring (bicyclic) bond motifs is 1. The molecule has 7 heteroatoms. The third-order valence-electron chi connectivity index (χ3n) is 5.29. The minimum absolute atomic E-state index is 0.0371. The van der Waals surface area contributed by atoms with Crippen molar-refractivity contribution in [1.82, 2.24) is 0 Å². The van der Waals surface area contributed by atoms with Crippen LogP contribution in [0.15, 0.2) is 53.6 Å². The smallest absolute Gasteiger partial charge is 0.337 e. The van der Waals surface area contributed by atoms with Gasteiger partial charge in [-0.05, 0) is 49.2 Å². The minimum Gasteiger partial charge on any atom is -0.465 e. The van der Waals surface area contributed by atoms with Crippen LogP contribution in [0.5, 0.6) is 0 Å². The van der Waals surface area contributed by atoms with Crippen molar-refractivity contribution in [2.24, 2.45) is 5.10 Å². The lowest BCUT2D eigenvalue weighted by Gasteiger charge is -2.20. The first-order valence-corrected chi connectivity index (χ1v) is 9.45. The van der Waals surface area contributed by atoms with Gasteiger partial charge in [-0.15, -0.1) is 0 Å². The Bertz CT molecular complexity index is 1020. The van der Waals surface area contributed by atoms with Crippen LogP contribution in [0.25, 0.3) is 0 Å². The number of hydrogen-bond donors (Lipinski definition) is 0. The van der Waals surface area contributed by atoms with Crippen LogP contribution in [-0.2, 0) is 20.7 Å². The highest BCUT2D eigenvalue weighted by Gasteiger charge is 2.37. The lowest BCUT2D eigenvalue weighted by atomic mass is 10.1. The Morgan fingerprint density at radius 3 is 2.55 bits per heavy atom. The van der Waals surface area contributed by atoms with E-state index in [1.165, 1.54) is 14.0 Å². The van der Waals surface area contributed by atoms with Gasteiger partial charge in [-0.1, -0.05) is 18.2 Å². The molecule has 1 amide bonds. The molecule has 0 N–H and O–H groups in total. The van der Waals surface area contributed by atoms with Crippen LogP contribution in [0, 0.1) is 0 Å². The molecule has 1 unspecified atom stereocenters. The summed E-state index contributed by atoms with van der Waals surface area (Å²) in [4.78, 5) is 38.8. The highest BCUT2D eigenvalue weighted by Crippen LogP contribution is 2.31. The molecule has 7 nitrogen and oxygen atoms in total. The molecule has 2 aliphatic rings. The number of para-hydroxylation sites is 1. The van der Waals surface area contributed by atoms with E-state index in [1.807, 2.05) is 30.3 Å². The second-order valence-corrected chi connectivity index (χ2v) is 7.10. The number of carbonyl (C=O) groups is 3. The molecule has 0 saturated carbocycles. The van der Waals surface area contributed by atoms with Crippen LogP contribution >= 0.6 is 0 Å². The molecule has 2 aromatic carbocycles. The third kappa shape index (κ3) is 3.40. The molecule has 148 valence electrons. The Kier molecular flexibility index (Phi) is 4.88. The molecule has 0 aromatic heterocycles. The maximum absolute atomic E-state index is 13.2. The summed E-state index contributed by atoms with van der Waals surface area (Å²) >= 11 is 0. The second kappa shape index (κ2) is 7.50. The lowest BCUT2D eigenvalue weighted by molar-refractivity contribution is -0.118. The molecular weight excluding hydrogens is 370 g/mol. The Balaban J connectivity index is 1.61. The van der Waals surface area contributed by atoms with Gasteiger partial charge in [-0.3, -0.25) is 14.6 Å². The van der Waals surface area contributed by atoms with Gasteiger partial charge in [0, 0.05) is 18.7 Å². The van der Waals surface area contributed by atoms with E-state index in [1.54, 1.807) is 28.1 Å². The van der Waals surface area contributed by atoms with Crippen molar-refractivity contribution in [3.05, 3.63) is 59.7 Å².